The molecule has 7 aromatic carbocycles. The van der Waals surface area contributed by atoms with Crippen LogP contribution in [0.25, 0.3) is 98.1 Å². The smallest absolute Gasteiger partial charge is 0.0972 e. The van der Waals surface area contributed by atoms with Gasteiger partial charge in [0, 0.05) is 43.4 Å². The first-order valence-electron chi connectivity index (χ1n) is 31.9. The minimum Gasteiger partial charge on any atom is -0.254 e. The lowest BCUT2D eigenvalue weighted by atomic mass is 9.87. The third-order valence-corrected chi connectivity index (χ3v) is 9.77. The molecule has 260 valence electrons. The lowest BCUT2D eigenvalue weighted by molar-refractivity contribution is 1.14. The number of thiophene rings is 1. The van der Waals surface area contributed by atoms with E-state index in [0.29, 0.717) is 11.3 Å². The van der Waals surface area contributed by atoms with Crippen LogP contribution >= 0.6 is 11.3 Å². The van der Waals surface area contributed by atoms with Crippen LogP contribution in [0.2, 0.25) is 0 Å². The fourth-order valence-corrected chi connectivity index (χ4v) is 7.37. The van der Waals surface area contributed by atoms with Crippen LogP contribution in [0.1, 0.15) is 55.0 Å². The highest BCUT2D eigenvalue weighted by molar-refractivity contribution is 7.20. The molecule has 0 aliphatic carbocycles. The minimum atomic E-state index is -1.08. The second kappa shape index (κ2) is 13.9. The average Bonchev–Trinajstić information content (AvgIpc) is 1.11. The van der Waals surface area contributed by atoms with Crippen LogP contribution in [0.3, 0.4) is 0 Å². The van der Waals surface area contributed by atoms with Crippen LogP contribution in [-0.4, -0.2) is 9.97 Å². The molecule has 0 saturated carbocycles. The van der Waals surface area contributed by atoms with E-state index in [1.165, 1.54) is 6.92 Å². The van der Waals surface area contributed by atoms with Crippen molar-refractivity contribution in [2.45, 2.75) is 13.3 Å². The van der Waals surface area contributed by atoms with Gasteiger partial charge in [0.25, 0.3) is 0 Å². The Bertz CT molecular complexity index is 4740. The number of pyridine rings is 2. The van der Waals surface area contributed by atoms with Crippen molar-refractivity contribution in [3.63, 3.8) is 0 Å². The van der Waals surface area contributed by atoms with Crippen molar-refractivity contribution < 1.29 is 42.5 Å². The molecule has 3 aromatic heterocycles. The van der Waals surface area contributed by atoms with Gasteiger partial charge in [-0.05, 0) is 68.2 Å². The largest absolute Gasteiger partial charge is 0.254 e. The topological polar surface area (TPSA) is 25.8 Å². The molecular formula is C52H36N2S. The first-order valence-corrected chi connectivity index (χ1v) is 17.2. The molecular weight excluding hydrogens is 685 g/mol. The standard InChI is InChI=1S/C52H36N2S/c1-2-34-33-40(48-47(35-15-6-3-7-16-35)51(38-17-8-4-9-18-38)55-52(48)39-19-10-5-11-20-39)26-28-41(34)44-29-30-45(43-23-13-12-22-42(43)44)46-31-27-37-25-24-36-21-14-32-53-49(36)50(37)54-46/h3-33H,2H2,1H3/i3D,4D,5D,6D,7D,8D,9D,10D,11D,12D,13D,14D,15D,16D,17D,18D,19D,20D,21D,22D,23D,24D,25D,26D,27D,28D,29D,30D,31D,32D,33D. The zero-order chi connectivity index (χ0) is 63.7. The van der Waals surface area contributed by atoms with Gasteiger partial charge in [0.15, 0.2) is 0 Å². The van der Waals surface area contributed by atoms with Gasteiger partial charge in [-0.2, -0.15) is 0 Å². The lowest BCUT2D eigenvalue weighted by Gasteiger charge is -2.17. The van der Waals surface area contributed by atoms with E-state index in [1.54, 1.807) is 0 Å². The molecule has 55 heavy (non-hydrogen) atoms. The maximum Gasteiger partial charge on any atom is 0.0972 e. The molecule has 0 unspecified atom stereocenters. The van der Waals surface area contributed by atoms with E-state index in [-0.39, 0.29) is 5.56 Å². The zero-order valence-corrected chi connectivity index (χ0v) is 28.8. The van der Waals surface area contributed by atoms with Gasteiger partial charge < -0.3 is 0 Å². The SMILES string of the molecule is [2H]c1nc2c(c([2H])c1[2H])c([2H])c([2H])c1c([2H])c([2H])c(-c3c([2H])c([2H])c(-c4c([2H])c([2H])c(-c5c(-c6c([2H])c([2H])c([2H])c([2H])c6[2H])sc(-c6c([2H])c([2H])c([2H])c([2H])c6[2H])c5-c5c([2H])c([2H])c([2H])c([2H])c5[2H])c([2H])c4CC)c4c([2H])c([2H])c([2H])c([2H])c34)nc12. The summed E-state index contributed by atoms with van der Waals surface area (Å²) >= 11 is 0.351. The minimum absolute atomic E-state index is 0.351. The van der Waals surface area contributed by atoms with Crippen molar-refractivity contribution in [3.05, 3.63) is 193 Å². The molecule has 0 aliphatic rings. The van der Waals surface area contributed by atoms with Crippen molar-refractivity contribution in [3.8, 4) is 65.5 Å². The number of aromatic nitrogens is 2. The van der Waals surface area contributed by atoms with Crippen LogP contribution in [0, 0.1) is 0 Å². The van der Waals surface area contributed by atoms with E-state index in [4.69, 9.17) is 26.0 Å². The van der Waals surface area contributed by atoms with Gasteiger partial charge in [-0.1, -0.05) is 176 Å². The quantitative estimate of drug-likeness (QED) is 0.152. The molecule has 0 atom stereocenters. The first kappa shape index (κ1) is 13.9. The fourth-order valence-electron chi connectivity index (χ4n) is 6.15. The maximum absolute atomic E-state index is 10.2. The highest BCUT2D eigenvalue weighted by Gasteiger charge is 2.24. The Kier molecular flexibility index (Phi) is 3.52. The normalized spacial score (nSPS) is 19.3. The van der Waals surface area contributed by atoms with Crippen LogP contribution in [-0.2, 0) is 6.42 Å². The molecule has 0 spiro atoms. The monoisotopic (exact) mass is 751 g/mol. The summed E-state index contributed by atoms with van der Waals surface area (Å²) in [5, 5.41) is -2.27. The Hall–Kier alpha value is -6.68. The van der Waals surface area contributed by atoms with Crippen molar-refractivity contribution in [1.29, 1.82) is 0 Å². The molecule has 0 fully saturated rings. The third-order valence-electron chi connectivity index (χ3n) is 8.54. The van der Waals surface area contributed by atoms with E-state index in [1.807, 2.05) is 0 Å². The summed E-state index contributed by atoms with van der Waals surface area (Å²) in [4.78, 5) is 7.43. The Morgan fingerprint density at radius 2 is 1.02 bits per heavy atom. The second-order valence-corrected chi connectivity index (χ2v) is 12.6. The van der Waals surface area contributed by atoms with E-state index >= 15 is 0 Å². The summed E-state index contributed by atoms with van der Waals surface area (Å²) in [6.45, 7) is 1.41. The zero-order valence-electron chi connectivity index (χ0n) is 59.0. The van der Waals surface area contributed by atoms with Gasteiger partial charge >= 0.3 is 0 Å². The van der Waals surface area contributed by atoms with Crippen LogP contribution < -0.4 is 0 Å². The fraction of sp³-hybridized carbons (Fsp3) is 0.0385. The Labute approximate surface area is 368 Å². The second-order valence-electron chi connectivity index (χ2n) is 11.6. The van der Waals surface area contributed by atoms with Crippen LogP contribution in [0.15, 0.2) is 187 Å². The Balaban J connectivity index is 1.42. The van der Waals surface area contributed by atoms with Crippen molar-refractivity contribution >= 4 is 43.9 Å². The molecule has 10 rings (SSSR count). The van der Waals surface area contributed by atoms with E-state index in [2.05, 4.69) is 9.97 Å². The number of hydrogen-bond donors (Lipinski definition) is 0. The lowest BCUT2D eigenvalue weighted by Crippen LogP contribution is -1.94. The van der Waals surface area contributed by atoms with Gasteiger partial charge in [0.05, 0.1) is 59.2 Å². The molecule has 0 N–H and O–H groups in total. The average molecular weight is 752 g/mol. The number of benzene rings is 7. The number of nitrogens with zero attached hydrogens (tertiary/aromatic N) is 2. The summed E-state index contributed by atoms with van der Waals surface area (Å²) in [7, 11) is 0. The van der Waals surface area contributed by atoms with E-state index in [0.717, 1.165) is 0 Å². The summed E-state index contributed by atoms with van der Waals surface area (Å²) in [5.74, 6) is 0. The summed E-state index contributed by atoms with van der Waals surface area (Å²) in [6, 6.07) is -27.5. The Morgan fingerprint density at radius 3 is 1.69 bits per heavy atom. The molecule has 3 heterocycles. The predicted molar refractivity (Wildman–Crippen MR) is 234 cm³/mol. The first-order chi connectivity index (χ1) is 40.1. The predicted octanol–water partition coefficient (Wildman–Crippen LogP) is 14.6. The maximum atomic E-state index is 10.2. The Morgan fingerprint density at radius 1 is 0.473 bits per heavy atom. The highest BCUT2D eigenvalue weighted by atomic mass is 32.1. The van der Waals surface area contributed by atoms with Gasteiger partial charge in [-0.25, -0.2) is 4.98 Å². The molecule has 3 heteroatoms. The highest BCUT2D eigenvalue weighted by Crippen LogP contribution is 2.52. The molecule has 10 aromatic rings. The van der Waals surface area contributed by atoms with Crippen molar-refractivity contribution in [2.75, 3.05) is 0 Å². The molecule has 2 nitrogen and oxygen atoms in total. The van der Waals surface area contributed by atoms with Crippen molar-refractivity contribution in [2.24, 2.45) is 0 Å². The summed E-state index contributed by atoms with van der Waals surface area (Å²) in [6.07, 6.45) is -1.20. The summed E-state index contributed by atoms with van der Waals surface area (Å²) < 4.78 is 280. The van der Waals surface area contributed by atoms with Gasteiger partial charge in [0.2, 0.25) is 0 Å². The van der Waals surface area contributed by atoms with E-state index in [9.17, 15) is 16.4 Å². The van der Waals surface area contributed by atoms with E-state index < -0.39 is 292 Å². The molecule has 0 amide bonds. The van der Waals surface area contributed by atoms with Gasteiger partial charge in [0.1, 0.15) is 0 Å². The number of fused-ring (bicyclic) bond motifs is 4. The summed E-state index contributed by atoms with van der Waals surface area (Å²) in [5.41, 5.74) is -8.35. The van der Waals surface area contributed by atoms with Crippen LogP contribution in [0.4, 0.5) is 0 Å². The molecule has 0 aliphatic heterocycles. The molecule has 0 saturated heterocycles. The van der Waals surface area contributed by atoms with Crippen LogP contribution in [0.5, 0.6) is 0 Å². The van der Waals surface area contributed by atoms with Gasteiger partial charge in [-0.15, -0.1) is 11.3 Å². The number of rotatable bonds is 7. The number of hydrogen-bond acceptors (Lipinski definition) is 3. The molecule has 0 radical (unpaired) electrons. The van der Waals surface area contributed by atoms with Crippen molar-refractivity contribution in [1.82, 2.24) is 9.97 Å². The molecule has 0 bridgehead atoms. The van der Waals surface area contributed by atoms with Gasteiger partial charge in [-0.3, -0.25) is 4.98 Å². The third kappa shape index (κ3) is 5.81.